The van der Waals surface area contributed by atoms with Crippen LogP contribution in [-0.2, 0) is 22.6 Å². The van der Waals surface area contributed by atoms with Crippen LogP contribution < -0.4 is 0 Å². The molecule has 28 heavy (non-hydrogen) atoms. The molecular formula is C24H34N2O2. The van der Waals surface area contributed by atoms with Gasteiger partial charge in [-0.1, -0.05) is 38.1 Å². The highest BCUT2D eigenvalue weighted by atomic mass is 16.5. The van der Waals surface area contributed by atoms with Gasteiger partial charge in [-0.05, 0) is 48.4 Å². The molecule has 2 fully saturated rings. The van der Waals surface area contributed by atoms with Crippen LogP contribution in [0.25, 0.3) is 11.3 Å². The zero-order valence-corrected chi connectivity index (χ0v) is 17.6. The van der Waals surface area contributed by atoms with Crippen LogP contribution >= 0.6 is 0 Å². The standard InChI is InChI=1S/C24H34N2O2/c1-18(2)20-6-8-21(9-7-20)24-15-22(16-25-10-13-27-14-11-25)19(3)26(24)17-23-5-4-12-28-23/h6-9,15,18,23H,4-5,10-14,16-17H2,1-3H3. The van der Waals surface area contributed by atoms with Gasteiger partial charge in [0.1, 0.15) is 0 Å². The minimum atomic E-state index is 0.344. The van der Waals surface area contributed by atoms with E-state index in [9.17, 15) is 0 Å². The van der Waals surface area contributed by atoms with Crippen LogP contribution in [0.15, 0.2) is 30.3 Å². The van der Waals surface area contributed by atoms with Gasteiger partial charge in [0.15, 0.2) is 0 Å². The summed E-state index contributed by atoms with van der Waals surface area (Å²) in [7, 11) is 0. The van der Waals surface area contributed by atoms with Crippen molar-refractivity contribution >= 4 is 0 Å². The molecule has 2 aliphatic rings. The maximum Gasteiger partial charge on any atom is 0.0754 e. The van der Waals surface area contributed by atoms with Crippen LogP contribution in [-0.4, -0.2) is 48.5 Å². The smallest absolute Gasteiger partial charge is 0.0754 e. The molecule has 152 valence electrons. The molecule has 0 amide bonds. The molecule has 0 N–H and O–H groups in total. The molecule has 0 spiro atoms. The number of ether oxygens (including phenoxy) is 2. The van der Waals surface area contributed by atoms with Crippen molar-refractivity contribution in [3.63, 3.8) is 0 Å². The second-order valence-electron chi connectivity index (χ2n) is 8.55. The third-order valence-electron chi connectivity index (χ3n) is 6.25. The lowest BCUT2D eigenvalue weighted by Crippen LogP contribution is -2.35. The van der Waals surface area contributed by atoms with Gasteiger partial charge in [-0.2, -0.15) is 0 Å². The van der Waals surface area contributed by atoms with Gasteiger partial charge in [0.05, 0.1) is 19.3 Å². The fraction of sp³-hybridized carbons (Fsp3) is 0.583. The van der Waals surface area contributed by atoms with E-state index in [2.05, 4.69) is 60.6 Å². The summed E-state index contributed by atoms with van der Waals surface area (Å²) in [6.45, 7) is 13.4. The van der Waals surface area contributed by atoms with E-state index in [0.717, 1.165) is 46.0 Å². The molecule has 2 saturated heterocycles. The highest BCUT2D eigenvalue weighted by molar-refractivity contribution is 5.63. The zero-order chi connectivity index (χ0) is 19.5. The minimum absolute atomic E-state index is 0.344. The summed E-state index contributed by atoms with van der Waals surface area (Å²) in [5, 5.41) is 0. The molecule has 1 atom stereocenters. The fourth-order valence-corrected chi connectivity index (χ4v) is 4.37. The summed E-state index contributed by atoms with van der Waals surface area (Å²) in [4.78, 5) is 2.51. The van der Waals surface area contributed by atoms with E-state index in [1.807, 2.05) is 0 Å². The Kier molecular flexibility index (Phi) is 6.19. The number of hydrogen-bond donors (Lipinski definition) is 0. The quantitative estimate of drug-likeness (QED) is 0.731. The molecule has 1 aromatic heterocycles. The third-order valence-corrected chi connectivity index (χ3v) is 6.25. The summed E-state index contributed by atoms with van der Waals surface area (Å²) in [5.41, 5.74) is 6.84. The number of morpholine rings is 1. The SMILES string of the molecule is Cc1c(CN2CCOCC2)cc(-c2ccc(C(C)C)cc2)n1CC1CCCO1. The average Bonchev–Trinajstić information content (AvgIpc) is 3.33. The van der Waals surface area contributed by atoms with Crippen LogP contribution in [0.1, 0.15) is 49.4 Å². The van der Waals surface area contributed by atoms with E-state index in [0.29, 0.717) is 12.0 Å². The Hall–Kier alpha value is -1.62. The highest BCUT2D eigenvalue weighted by Gasteiger charge is 2.22. The van der Waals surface area contributed by atoms with E-state index in [-0.39, 0.29) is 0 Å². The van der Waals surface area contributed by atoms with Crippen molar-refractivity contribution in [2.45, 2.75) is 58.7 Å². The predicted molar refractivity (Wildman–Crippen MR) is 114 cm³/mol. The molecule has 4 rings (SSSR count). The summed E-state index contributed by atoms with van der Waals surface area (Å²) in [6, 6.07) is 11.5. The van der Waals surface area contributed by atoms with Crippen molar-refractivity contribution in [2.24, 2.45) is 0 Å². The molecular weight excluding hydrogens is 348 g/mol. The van der Waals surface area contributed by atoms with Gasteiger partial charge in [0.25, 0.3) is 0 Å². The second-order valence-corrected chi connectivity index (χ2v) is 8.55. The van der Waals surface area contributed by atoms with Gasteiger partial charge >= 0.3 is 0 Å². The van der Waals surface area contributed by atoms with Gasteiger partial charge in [-0.3, -0.25) is 4.90 Å². The van der Waals surface area contributed by atoms with Crippen molar-refractivity contribution < 1.29 is 9.47 Å². The molecule has 0 aliphatic carbocycles. The Morgan fingerprint density at radius 1 is 1.07 bits per heavy atom. The molecule has 2 aliphatic heterocycles. The van der Waals surface area contributed by atoms with Crippen molar-refractivity contribution in [1.29, 1.82) is 0 Å². The monoisotopic (exact) mass is 382 g/mol. The Morgan fingerprint density at radius 2 is 1.82 bits per heavy atom. The number of benzene rings is 1. The lowest BCUT2D eigenvalue weighted by molar-refractivity contribution is 0.0341. The molecule has 1 aromatic carbocycles. The third kappa shape index (κ3) is 4.35. The zero-order valence-electron chi connectivity index (χ0n) is 17.6. The van der Waals surface area contributed by atoms with Crippen molar-refractivity contribution in [3.05, 3.63) is 47.2 Å². The Labute approximate surface area is 169 Å². The predicted octanol–water partition coefficient (Wildman–Crippen LogP) is 4.60. The van der Waals surface area contributed by atoms with Crippen molar-refractivity contribution in [3.8, 4) is 11.3 Å². The number of rotatable bonds is 6. The Balaban J connectivity index is 1.64. The average molecular weight is 383 g/mol. The van der Waals surface area contributed by atoms with E-state index in [4.69, 9.17) is 9.47 Å². The van der Waals surface area contributed by atoms with Crippen LogP contribution in [0.2, 0.25) is 0 Å². The first-order valence-electron chi connectivity index (χ1n) is 10.8. The molecule has 0 saturated carbocycles. The molecule has 0 bridgehead atoms. The number of nitrogens with zero attached hydrogens (tertiary/aromatic N) is 2. The van der Waals surface area contributed by atoms with E-state index >= 15 is 0 Å². The fourth-order valence-electron chi connectivity index (χ4n) is 4.37. The lowest BCUT2D eigenvalue weighted by Gasteiger charge is -2.26. The molecule has 3 heterocycles. The van der Waals surface area contributed by atoms with Gasteiger partial charge < -0.3 is 14.0 Å². The van der Waals surface area contributed by atoms with Crippen LogP contribution in [0.5, 0.6) is 0 Å². The summed E-state index contributed by atoms with van der Waals surface area (Å²) in [5.74, 6) is 0.561. The molecule has 1 unspecified atom stereocenters. The van der Waals surface area contributed by atoms with Gasteiger partial charge in [-0.15, -0.1) is 0 Å². The van der Waals surface area contributed by atoms with Crippen molar-refractivity contribution in [2.75, 3.05) is 32.9 Å². The van der Waals surface area contributed by atoms with Gasteiger partial charge in [0.2, 0.25) is 0 Å². The first-order chi connectivity index (χ1) is 13.6. The first kappa shape index (κ1) is 19.7. The first-order valence-corrected chi connectivity index (χ1v) is 10.8. The minimum Gasteiger partial charge on any atom is -0.379 e. The summed E-state index contributed by atoms with van der Waals surface area (Å²) in [6.07, 6.45) is 2.70. The topological polar surface area (TPSA) is 26.6 Å². The van der Waals surface area contributed by atoms with Gasteiger partial charge in [0, 0.05) is 44.2 Å². The number of aromatic nitrogens is 1. The van der Waals surface area contributed by atoms with Crippen LogP contribution in [0.4, 0.5) is 0 Å². The maximum atomic E-state index is 5.96. The van der Waals surface area contributed by atoms with E-state index < -0.39 is 0 Å². The van der Waals surface area contributed by atoms with Crippen LogP contribution in [0, 0.1) is 6.92 Å². The Morgan fingerprint density at radius 3 is 2.46 bits per heavy atom. The Bertz CT molecular complexity index is 767. The highest BCUT2D eigenvalue weighted by Crippen LogP contribution is 2.30. The molecule has 2 aromatic rings. The van der Waals surface area contributed by atoms with E-state index in [1.54, 1.807) is 0 Å². The summed E-state index contributed by atoms with van der Waals surface area (Å²) < 4.78 is 14.0. The molecule has 4 nitrogen and oxygen atoms in total. The van der Waals surface area contributed by atoms with Gasteiger partial charge in [-0.25, -0.2) is 0 Å². The van der Waals surface area contributed by atoms with Crippen molar-refractivity contribution in [1.82, 2.24) is 9.47 Å². The van der Waals surface area contributed by atoms with E-state index in [1.165, 1.54) is 40.9 Å². The summed E-state index contributed by atoms with van der Waals surface area (Å²) >= 11 is 0. The lowest BCUT2D eigenvalue weighted by atomic mass is 10.0. The van der Waals surface area contributed by atoms with Crippen LogP contribution in [0.3, 0.4) is 0 Å². The molecule has 4 heteroatoms. The largest absolute Gasteiger partial charge is 0.379 e. The number of hydrogen-bond acceptors (Lipinski definition) is 3. The maximum absolute atomic E-state index is 5.96. The second kappa shape index (κ2) is 8.81. The molecule has 0 radical (unpaired) electrons. The normalized spacial score (nSPS) is 20.9.